The Morgan fingerprint density at radius 3 is 2.52 bits per heavy atom. The number of fused-ring (bicyclic) bond motifs is 4. The molecule has 2 aromatic carbocycles. The maximum absolute atomic E-state index is 13.6. The number of nitrogens with zero attached hydrogens (tertiary/aromatic N) is 1. The van der Waals surface area contributed by atoms with Crippen LogP contribution in [0.2, 0.25) is 0 Å². The lowest BCUT2D eigenvalue weighted by Crippen LogP contribution is -2.53. The van der Waals surface area contributed by atoms with Crippen LogP contribution in [-0.2, 0) is 31.1 Å². The molecular formula is C24H25N3O4. The third-order valence-electron chi connectivity index (χ3n) is 6.74. The van der Waals surface area contributed by atoms with Gasteiger partial charge in [0.05, 0.1) is 11.8 Å². The van der Waals surface area contributed by atoms with Crippen LogP contribution in [0.5, 0.6) is 0 Å². The van der Waals surface area contributed by atoms with Crippen molar-refractivity contribution in [3.05, 3.63) is 65.7 Å². The minimum absolute atomic E-state index is 0.200. The molecule has 1 spiro atoms. The van der Waals surface area contributed by atoms with Gasteiger partial charge in [-0.15, -0.1) is 0 Å². The number of nitrogens with one attached hydrogen (secondary N) is 2. The Bertz CT molecular complexity index is 1040. The Balaban J connectivity index is 1.57. The Morgan fingerprint density at radius 1 is 1.00 bits per heavy atom. The summed E-state index contributed by atoms with van der Waals surface area (Å²) in [5, 5.41) is 6.39. The quantitative estimate of drug-likeness (QED) is 0.550. The summed E-state index contributed by atoms with van der Waals surface area (Å²) in [6.45, 7) is 0.766. The maximum atomic E-state index is 13.6. The summed E-state index contributed by atoms with van der Waals surface area (Å²) in [4.78, 5) is 41.7. The van der Waals surface area contributed by atoms with Gasteiger partial charge in [-0.3, -0.25) is 24.6 Å². The molecule has 0 aromatic heterocycles. The van der Waals surface area contributed by atoms with E-state index in [2.05, 4.69) is 10.6 Å². The van der Waals surface area contributed by atoms with Gasteiger partial charge in [0.25, 0.3) is 0 Å². The van der Waals surface area contributed by atoms with Crippen molar-refractivity contribution in [3.63, 3.8) is 0 Å². The summed E-state index contributed by atoms with van der Waals surface area (Å²) in [6.07, 6.45) is 1.13. The van der Waals surface area contributed by atoms with E-state index in [1.54, 1.807) is 7.11 Å². The predicted octanol–water partition coefficient (Wildman–Crippen LogP) is 1.69. The average molecular weight is 419 g/mol. The van der Waals surface area contributed by atoms with Crippen molar-refractivity contribution < 1.29 is 19.1 Å². The molecular weight excluding hydrogens is 394 g/mol. The molecule has 0 radical (unpaired) electrons. The molecule has 160 valence electrons. The predicted molar refractivity (Wildman–Crippen MR) is 114 cm³/mol. The number of hydrogen-bond donors (Lipinski definition) is 2. The van der Waals surface area contributed by atoms with Crippen molar-refractivity contribution in [1.29, 1.82) is 0 Å². The van der Waals surface area contributed by atoms with Crippen LogP contribution in [-0.4, -0.2) is 48.9 Å². The van der Waals surface area contributed by atoms with Crippen molar-refractivity contribution in [3.8, 4) is 0 Å². The fraction of sp³-hybridized carbons (Fsp3) is 0.375. The third-order valence-corrected chi connectivity index (χ3v) is 6.74. The standard InChI is InChI=1S/C24H25N3O4/c1-31-13-7-12-27-21(28)19-18(14-15-8-3-2-4-9-15)26-24(20(19)22(27)29)16-10-5-6-11-17(16)25-23(24)30/h2-6,8-11,18-20,26H,7,12-14H2,1H3,(H,25,30)/t18-,19+,20-,24+/m0/s1. The van der Waals surface area contributed by atoms with Gasteiger partial charge in [-0.25, -0.2) is 0 Å². The lowest BCUT2D eigenvalue weighted by atomic mass is 9.76. The Hall–Kier alpha value is -3.03. The molecule has 3 aliphatic rings. The van der Waals surface area contributed by atoms with Crippen LogP contribution in [0.1, 0.15) is 17.5 Å². The molecule has 2 fully saturated rings. The lowest BCUT2D eigenvalue weighted by Gasteiger charge is -2.29. The van der Waals surface area contributed by atoms with E-state index in [0.29, 0.717) is 31.7 Å². The maximum Gasteiger partial charge on any atom is 0.250 e. The van der Waals surface area contributed by atoms with Crippen LogP contribution in [0.15, 0.2) is 54.6 Å². The molecule has 0 bridgehead atoms. The number of para-hydroxylation sites is 1. The molecule has 2 N–H and O–H groups in total. The summed E-state index contributed by atoms with van der Waals surface area (Å²) < 4.78 is 5.10. The SMILES string of the molecule is COCCCN1C(=O)[C@@H]2[C@H](Cc3ccccc3)N[C@@]3(C(=O)Nc4ccccc43)[C@@H]2C1=O. The molecule has 0 saturated carbocycles. The first-order valence-corrected chi connectivity index (χ1v) is 10.6. The van der Waals surface area contributed by atoms with Gasteiger partial charge in [-0.1, -0.05) is 48.5 Å². The van der Waals surface area contributed by atoms with Gasteiger partial charge in [0, 0.05) is 37.6 Å². The second-order valence-electron chi connectivity index (χ2n) is 8.43. The highest BCUT2D eigenvalue weighted by Crippen LogP contribution is 2.53. The van der Waals surface area contributed by atoms with E-state index in [9.17, 15) is 14.4 Å². The molecule has 7 nitrogen and oxygen atoms in total. The van der Waals surface area contributed by atoms with E-state index in [0.717, 1.165) is 11.1 Å². The highest BCUT2D eigenvalue weighted by atomic mass is 16.5. The van der Waals surface area contributed by atoms with E-state index in [4.69, 9.17) is 4.74 Å². The zero-order valence-electron chi connectivity index (χ0n) is 17.3. The molecule has 2 aromatic rings. The number of rotatable bonds is 6. The van der Waals surface area contributed by atoms with Crippen molar-refractivity contribution >= 4 is 23.4 Å². The fourth-order valence-electron chi connectivity index (χ4n) is 5.45. The topological polar surface area (TPSA) is 87.7 Å². The number of likely N-dealkylation sites (tertiary alicyclic amines) is 1. The van der Waals surface area contributed by atoms with Gasteiger partial charge in [0.15, 0.2) is 0 Å². The molecule has 0 aliphatic carbocycles. The number of amides is 3. The smallest absolute Gasteiger partial charge is 0.250 e. The van der Waals surface area contributed by atoms with Crippen molar-refractivity contribution in [2.24, 2.45) is 11.8 Å². The normalized spacial score (nSPS) is 28.9. The highest BCUT2D eigenvalue weighted by molar-refractivity contribution is 6.15. The van der Waals surface area contributed by atoms with Gasteiger partial charge in [-0.05, 0) is 24.5 Å². The Labute approximate surface area is 180 Å². The van der Waals surface area contributed by atoms with Crippen LogP contribution >= 0.6 is 0 Å². The van der Waals surface area contributed by atoms with Crippen molar-refractivity contribution in [1.82, 2.24) is 10.2 Å². The number of imide groups is 1. The highest BCUT2D eigenvalue weighted by Gasteiger charge is 2.70. The Kier molecular flexibility index (Phi) is 4.87. The minimum atomic E-state index is -1.23. The number of carbonyl (C=O) groups is 3. The van der Waals surface area contributed by atoms with Gasteiger partial charge < -0.3 is 10.1 Å². The molecule has 4 atom stereocenters. The second kappa shape index (κ2) is 7.59. The molecule has 3 heterocycles. The van der Waals surface area contributed by atoms with Crippen LogP contribution in [0.3, 0.4) is 0 Å². The molecule has 31 heavy (non-hydrogen) atoms. The van der Waals surface area contributed by atoms with E-state index in [1.165, 1.54) is 4.90 Å². The van der Waals surface area contributed by atoms with E-state index >= 15 is 0 Å². The molecule has 0 unspecified atom stereocenters. The number of carbonyl (C=O) groups excluding carboxylic acids is 3. The summed E-state index contributed by atoms with van der Waals surface area (Å²) >= 11 is 0. The second-order valence-corrected chi connectivity index (χ2v) is 8.43. The zero-order chi connectivity index (χ0) is 21.6. The summed E-state index contributed by atoms with van der Waals surface area (Å²) in [6, 6.07) is 16.9. The number of anilines is 1. The number of hydrogen-bond acceptors (Lipinski definition) is 5. The van der Waals surface area contributed by atoms with Crippen molar-refractivity contribution in [2.45, 2.75) is 24.4 Å². The van der Waals surface area contributed by atoms with Crippen molar-refractivity contribution in [2.75, 3.05) is 25.6 Å². The average Bonchev–Trinajstić information content (AvgIpc) is 3.35. The summed E-state index contributed by atoms with van der Waals surface area (Å²) in [5.74, 6) is -2.10. The molecule has 5 rings (SSSR count). The summed E-state index contributed by atoms with van der Waals surface area (Å²) in [7, 11) is 1.59. The molecule has 3 aliphatic heterocycles. The van der Waals surface area contributed by atoms with Gasteiger partial charge >= 0.3 is 0 Å². The van der Waals surface area contributed by atoms with Gasteiger partial charge in [0.1, 0.15) is 5.54 Å². The zero-order valence-corrected chi connectivity index (χ0v) is 17.3. The van der Waals surface area contributed by atoms with E-state index in [1.807, 2.05) is 54.6 Å². The number of ether oxygens (including phenoxy) is 1. The van der Waals surface area contributed by atoms with Gasteiger partial charge in [0.2, 0.25) is 17.7 Å². The van der Waals surface area contributed by atoms with E-state index < -0.39 is 17.4 Å². The Morgan fingerprint density at radius 2 is 1.74 bits per heavy atom. The number of benzene rings is 2. The first-order chi connectivity index (χ1) is 15.1. The van der Waals surface area contributed by atoms with Crippen LogP contribution < -0.4 is 10.6 Å². The van der Waals surface area contributed by atoms with Gasteiger partial charge in [-0.2, -0.15) is 0 Å². The van der Waals surface area contributed by atoms with Crippen LogP contribution in [0, 0.1) is 11.8 Å². The molecule has 7 heteroatoms. The number of methoxy groups -OCH3 is 1. The largest absolute Gasteiger partial charge is 0.385 e. The van der Waals surface area contributed by atoms with Crippen LogP contribution in [0.25, 0.3) is 0 Å². The monoisotopic (exact) mass is 419 g/mol. The molecule has 3 amide bonds. The van der Waals surface area contributed by atoms with E-state index in [-0.39, 0.29) is 23.8 Å². The first-order valence-electron chi connectivity index (χ1n) is 10.6. The minimum Gasteiger partial charge on any atom is -0.385 e. The van der Waals surface area contributed by atoms with Crippen LogP contribution in [0.4, 0.5) is 5.69 Å². The molecule has 2 saturated heterocycles. The fourth-order valence-corrected chi connectivity index (χ4v) is 5.45. The third kappa shape index (κ3) is 2.91. The summed E-state index contributed by atoms with van der Waals surface area (Å²) in [5.41, 5.74) is 1.26. The first kappa shape index (κ1) is 19.9. The lowest BCUT2D eigenvalue weighted by molar-refractivity contribution is -0.143.